The third kappa shape index (κ3) is 3.04. The number of carboxylic acids is 1. The van der Waals surface area contributed by atoms with Gasteiger partial charge in [-0.25, -0.2) is 4.79 Å². The van der Waals surface area contributed by atoms with Gasteiger partial charge in [0.25, 0.3) is 0 Å². The Kier molecular flexibility index (Phi) is 4.25. The van der Waals surface area contributed by atoms with Gasteiger partial charge in [-0.3, -0.25) is 0 Å². The highest BCUT2D eigenvalue weighted by atomic mass is 32.1. The molecule has 3 rings (SSSR count). The zero-order valence-corrected chi connectivity index (χ0v) is 11.8. The first-order chi connectivity index (χ1) is 9.80. The van der Waals surface area contributed by atoms with Gasteiger partial charge in [-0.2, -0.15) is 18.4 Å². The van der Waals surface area contributed by atoms with E-state index in [-0.39, 0.29) is 0 Å². The van der Waals surface area contributed by atoms with E-state index in [1.807, 2.05) is 5.38 Å². The maximum Gasteiger partial charge on any atom is 0.490 e. The zero-order chi connectivity index (χ0) is 15.7. The standard InChI is InChI=1S/C11H12N2S.C2HF3O2/c12-4-8-5-14-9-2-1-3-11(10(8)9)6-13-7-11;3-2(4,5)1(6)7/h5,13H,1-3,6-7H2;(H,6,7). The lowest BCUT2D eigenvalue weighted by atomic mass is 9.67. The van der Waals surface area contributed by atoms with Crippen LogP contribution in [0.1, 0.15) is 28.8 Å². The molecule has 1 aromatic heterocycles. The summed E-state index contributed by atoms with van der Waals surface area (Å²) in [4.78, 5) is 10.4. The highest BCUT2D eigenvalue weighted by Crippen LogP contribution is 2.44. The molecule has 1 aliphatic carbocycles. The van der Waals surface area contributed by atoms with Crippen molar-refractivity contribution in [3.8, 4) is 6.07 Å². The third-order valence-electron chi connectivity index (χ3n) is 3.75. The van der Waals surface area contributed by atoms with Gasteiger partial charge in [0.15, 0.2) is 0 Å². The monoisotopic (exact) mass is 318 g/mol. The molecule has 0 aromatic carbocycles. The predicted octanol–water partition coefficient (Wildman–Crippen LogP) is 2.43. The van der Waals surface area contributed by atoms with Crippen LogP contribution in [0.3, 0.4) is 0 Å². The quantitative estimate of drug-likeness (QED) is 0.770. The summed E-state index contributed by atoms with van der Waals surface area (Å²) in [5, 5.41) is 21.6. The second-order valence-corrected chi connectivity index (χ2v) is 6.06. The zero-order valence-electron chi connectivity index (χ0n) is 11.0. The lowest BCUT2D eigenvalue weighted by molar-refractivity contribution is -0.192. The van der Waals surface area contributed by atoms with Crippen molar-refractivity contribution in [2.75, 3.05) is 13.1 Å². The maximum absolute atomic E-state index is 10.6. The first-order valence-electron chi connectivity index (χ1n) is 6.32. The van der Waals surface area contributed by atoms with Crippen LogP contribution in [0.2, 0.25) is 0 Å². The number of aryl methyl sites for hydroxylation is 1. The van der Waals surface area contributed by atoms with E-state index in [1.165, 1.54) is 29.7 Å². The highest BCUT2D eigenvalue weighted by molar-refractivity contribution is 7.10. The Morgan fingerprint density at radius 3 is 2.52 bits per heavy atom. The molecule has 2 N–H and O–H groups in total. The molecular weight excluding hydrogens is 305 g/mol. The number of hydrogen-bond acceptors (Lipinski definition) is 4. The fraction of sp³-hybridized carbons (Fsp3) is 0.538. The van der Waals surface area contributed by atoms with Gasteiger partial charge in [-0.1, -0.05) is 0 Å². The molecular formula is C13H13F3N2O2S. The van der Waals surface area contributed by atoms with E-state index in [0.717, 1.165) is 18.7 Å². The van der Waals surface area contributed by atoms with Crippen LogP contribution in [0, 0.1) is 11.3 Å². The van der Waals surface area contributed by atoms with Crippen LogP contribution in [0.4, 0.5) is 13.2 Å². The number of thiophene rings is 1. The van der Waals surface area contributed by atoms with Crippen LogP contribution >= 0.6 is 11.3 Å². The van der Waals surface area contributed by atoms with Gasteiger partial charge >= 0.3 is 12.1 Å². The molecule has 2 aliphatic rings. The van der Waals surface area contributed by atoms with Crippen molar-refractivity contribution in [3.05, 3.63) is 21.4 Å². The molecule has 0 amide bonds. The molecule has 1 saturated heterocycles. The molecule has 1 aromatic rings. The summed E-state index contributed by atoms with van der Waals surface area (Å²) in [7, 11) is 0. The number of alkyl halides is 3. The number of carbonyl (C=O) groups is 1. The number of halogens is 3. The van der Waals surface area contributed by atoms with Crippen LogP contribution in [-0.2, 0) is 16.6 Å². The Morgan fingerprint density at radius 2 is 2.10 bits per heavy atom. The van der Waals surface area contributed by atoms with E-state index in [2.05, 4.69) is 11.4 Å². The molecule has 0 unspecified atom stereocenters. The largest absolute Gasteiger partial charge is 0.490 e. The number of rotatable bonds is 0. The van der Waals surface area contributed by atoms with Crippen LogP contribution < -0.4 is 5.32 Å². The fourth-order valence-electron chi connectivity index (χ4n) is 2.74. The summed E-state index contributed by atoms with van der Waals surface area (Å²) in [6.07, 6.45) is -1.35. The van der Waals surface area contributed by atoms with Crippen molar-refractivity contribution in [3.63, 3.8) is 0 Å². The molecule has 4 nitrogen and oxygen atoms in total. The lowest BCUT2D eigenvalue weighted by Crippen LogP contribution is -2.58. The third-order valence-corrected chi connectivity index (χ3v) is 4.79. The summed E-state index contributed by atoms with van der Waals surface area (Å²) in [6, 6.07) is 2.34. The number of hydrogen-bond donors (Lipinski definition) is 2. The van der Waals surface area contributed by atoms with Crippen molar-refractivity contribution in [1.82, 2.24) is 5.32 Å². The van der Waals surface area contributed by atoms with Gasteiger partial charge in [0.2, 0.25) is 0 Å². The average molecular weight is 318 g/mol. The van der Waals surface area contributed by atoms with E-state index in [1.54, 1.807) is 11.3 Å². The van der Waals surface area contributed by atoms with Gasteiger partial charge in [0.05, 0.1) is 5.56 Å². The Hall–Kier alpha value is -1.59. The normalized spacial score (nSPS) is 18.8. The first kappa shape index (κ1) is 15.8. The minimum Gasteiger partial charge on any atom is -0.475 e. The summed E-state index contributed by atoms with van der Waals surface area (Å²) >= 11 is 1.78. The van der Waals surface area contributed by atoms with Gasteiger partial charge in [0, 0.05) is 28.8 Å². The molecule has 2 heterocycles. The number of carboxylic acid groups (broad SMARTS) is 1. The minimum atomic E-state index is -5.08. The average Bonchev–Trinajstić information content (AvgIpc) is 2.79. The number of nitrogens with one attached hydrogen (secondary N) is 1. The number of aliphatic carboxylic acids is 1. The summed E-state index contributed by atoms with van der Waals surface area (Å²) in [5.41, 5.74) is 2.65. The second-order valence-electron chi connectivity index (χ2n) is 5.10. The van der Waals surface area contributed by atoms with Crippen molar-refractivity contribution >= 4 is 17.3 Å². The summed E-state index contributed by atoms with van der Waals surface area (Å²) in [6.45, 7) is 2.15. The Morgan fingerprint density at radius 1 is 1.48 bits per heavy atom. The minimum absolute atomic E-state index is 0.332. The van der Waals surface area contributed by atoms with Gasteiger partial charge < -0.3 is 10.4 Å². The van der Waals surface area contributed by atoms with Crippen molar-refractivity contribution in [2.45, 2.75) is 30.9 Å². The lowest BCUT2D eigenvalue weighted by Gasteiger charge is -2.46. The van der Waals surface area contributed by atoms with Crippen LogP contribution in [-0.4, -0.2) is 30.3 Å². The molecule has 8 heteroatoms. The van der Waals surface area contributed by atoms with Gasteiger partial charge in [-0.05, 0) is 24.8 Å². The SMILES string of the molecule is N#Cc1csc2c1C1(CCC2)CNC1.O=C(O)C(F)(F)F. The topological polar surface area (TPSA) is 73.1 Å². The smallest absolute Gasteiger partial charge is 0.475 e. The van der Waals surface area contributed by atoms with E-state index in [0.29, 0.717) is 5.41 Å². The summed E-state index contributed by atoms with van der Waals surface area (Å²) in [5.74, 6) is -2.76. The molecule has 114 valence electrons. The molecule has 0 bridgehead atoms. The molecule has 1 spiro atoms. The van der Waals surface area contributed by atoms with Crippen molar-refractivity contribution < 1.29 is 23.1 Å². The molecule has 0 atom stereocenters. The molecule has 1 fully saturated rings. The second kappa shape index (κ2) is 5.66. The summed E-state index contributed by atoms with van der Waals surface area (Å²) < 4.78 is 31.7. The highest BCUT2D eigenvalue weighted by Gasteiger charge is 2.44. The number of fused-ring (bicyclic) bond motifs is 2. The molecule has 21 heavy (non-hydrogen) atoms. The van der Waals surface area contributed by atoms with Crippen LogP contribution in [0.25, 0.3) is 0 Å². The van der Waals surface area contributed by atoms with Gasteiger partial charge in [0.1, 0.15) is 6.07 Å². The van der Waals surface area contributed by atoms with E-state index >= 15 is 0 Å². The Bertz CT molecular complexity index is 585. The molecule has 0 saturated carbocycles. The van der Waals surface area contributed by atoms with E-state index in [9.17, 15) is 13.2 Å². The van der Waals surface area contributed by atoms with Gasteiger partial charge in [-0.15, -0.1) is 11.3 Å². The fourth-order valence-corrected chi connectivity index (χ4v) is 3.88. The Labute approximate surface area is 123 Å². The predicted molar refractivity (Wildman–Crippen MR) is 70.2 cm³/mol. The van der Waals surface area contributed by atoms with Crippen LogP contribution in [0.15, 0.2) is 5.38 Å². The number of nitriles is 1. The van der Waals surface area contributed by atoms with Crippen molar-refractivity contribution in [2.24, 2.45) is 0 Å². The first-order valence-corrected chi connectivity index (χ1v) is 7.20. The molecule has 0 radical (unpaired) electrons. The maximum atomic E-state index is 10.6. The Balaban J connectivity index is 0.000000199. The van der Waals surface area contributed by atoms with E-state index < -0.39 is 12.1 Å². The van der Waals surface area contributed by atoms with Crippen LogP contribution in [0.5, 0.6) is 0 Å². The molecule has 1 aliphatic heterocycles. The van der Waals surface area contributed by atoms with Crippen molar-refractivity contribution in [1.29, 1.82) is 5.26 Å². The number of nitrogens with zero attached hydrogens (tertiary/aromatic N) is 1. The van der Waals surface area contributed by atoms with E-state index in [4.69, 9.17) is 15.2 Å².